The van der Waals surface area contributed by atoms with Gasteiger partial charge in [0.15, 0.2) is 0 Å². The second-order valence-corrected chi connectivity index (χ2v) is 4.26. The minimum Gasteiger partial charge on any atom is -0.496 e. The molecule has 4 heteroatoms. The van der Waals surface area contributed by atoms with E-state index in [2.05, 4.69) is 0 Å². The molecular formula is C16H19NO3. The van der Waals surface area contributed by atoms with E-state index in [1.54, 1.807) is 13.2 Å². The molecule has 2 aromatic rings. The van der Waals surface area contributed by atoms with E-state index in [0.29, 0.717) is 18.9 Å². The van der Waals surface area contributed by atoms with Crippen LogP contribution in [0.15, 0.2) is 42.5 Å². The molecule has 2 aromatic carbocycles. The van der Waals surface area contributed by atoms with Crippen LogP contribution in [0.1, 0.15) is 12.5 Å². The summed E-state index contributed by atoms with van der Waals surface area (Å²) < 4.78 is 16.4. The third kappa shape index (κ3) is 3.57. The molecule has 0 atom stereocenters. The summed E-state index contributed by atoms with van der Waals surface area (Å²) in [6, 6.07) is 13.0. The summed E-state index contributed by atoms with van der Waals surface area (Å²) in [6.45, 7) is 3.01. The quantitative estimate of drug-likeness (QED) is 0.821. The Morgan fingerprint density at radius 1 is 0.950 bits per heavy atom. The first kappa shape index (κ1) is 14.1. The van der Waals surface area contributed by atoms with E-state index in [9.17, 15) is 0 Å². The van der Waals surface area contributed by atoms with Crippen LogP contribution in [0.4, 0.5) is 5.69 Å². The van der Waals surface area contributed by atoms with Gasteiger partial charge in [0.05, 0.1) is 13.7 Å². The van der Waals surface area contributed by atoms with Crippen molar-refractivity contribution in [3.63, 3.8) is 0 Å². The third-order valence-corrected chi connectivity index (χ3v) is 2.83. The molecule has 2 rings (SSSR count). The van der Waals surface area contributed by atoms with Gasteiger partial charge in [0, 0.05) is 11.3 Å². The van der Waals surface area contributed by atoms with Crippen molar-refractivity contribution in [2.45, 2.75) is 13.5 Å². The van der Waals surface area contributed by atoms with E-state index < -0.39 is 0 Å². The number of ether oxygens (including phenoxy) is 3. The van der Waals surface area contributed by atoms with Crippen LogP contribution in [0.5, 0.6) is 17.2 Å². The SMILES string of the molecule is CCOc1ccc(OCc2cc(N)ccc2OC)cc1. The highest BCUT2D eigenvalue weighted by molar-refractivity contribution is 5.47. The van der Waals surface area contributed by atoms with Crippen molar-refractivity contribution in [1.29, 1.82) is 0 Å². The number of hydrogen-bond acceptors (Lipinski definition) is 4. The van der Waals surface area contributed by atoms with Crippen LogP contribution in [-0.4, -0.2) is 13.7 Å². The normalized spacial score (nSPS) is 10.1. The van der Waals surface area contributed by atoms with Gasteiger partial charge in [0.25, 0.3) is 0 Å². The summed E-state index contributed by atoms with van der Waals surface area (Å²) in [4.78, 5) is 0. The largest absolute Gasteiger partial charge is 0.496 e. The second kappa shape index (κ2) is 6.70. The van der Waals surface area contributed by atoms with E-state index in [4.69, 9.17) is 19.9 Å². The second-order valence-electron chi connectivity index (χ2n) is 4.26. The van der Waals surface area contributed by atoms with Crippen molar-refractivity contribution in [3.8, 4) is 17.2 Å². The lowest BCUT2D eigenvalue weighted by atomic mass is 10.2. The van der Waals surface area contributed by atoms with Crippen molar-refractivity contribution in [2.24, 2.45) is 0 Å². The summed E-state index contributed by atoms with van der Waals surface area (Å²) in [5, 5.41) is 0. The number of nitrogens with two attached hydrogens (primary N) is 1. The highest BCUT2D eigenvalue weighted by atomic mass is 16.5. The molecule has 2 N–H and O–H groups in total. The lowest BCUT2D eigenvalue weighted by Gasteiger charge is -2.11. The smallest absolute Gasteiger partial charge is 0.125 e. The number of hydrogen-bond donors (Lipinski definition) is 1. The Hall–Kier alpha value is -2.36. The van der Waals surface area contributed by atoms with Gasteiger partial charge in [0.1, 0.15) is 23.9 Å². The fourth-order valence-corrected chi connectivity index (χ4v) is 1.87. The molecule has 20 heavy (non-hydrogen) atoms. The lowest BCUT2D eigenvalue weighted by Crippen LogP contribution is -2.00. The summed E-state index contributed by atoms with van der Waals surface area (Å²) in [6.07, 6.45) is 0. The molecule has 0 spiro atoms. The highest BCUT2D eigenvalue weighted by Crippen LogP contribution is 2.24. The van der Waals surface area contributed by atoms with E-state index in [1.165, 1.54) is 0 Å². The van der Waals surface area contributed by atoms with Crippen molar-refractivity contribution >= 4 is 5.69 Å². The molecule has 0 saturated heterocycles. The Balaban J connectivity index is 2.02. The average Bonchev–Trinajstić information content (AvgIpc) is 2.47. The Labute approximate surface area is 119 Å². The van der Waals surface area contributed by atoms with Crippen molar-refractivity contribution in [1.82, 2.24) is 0 Å². The standard InChI is InChI=1S/C16H19NO3/c1-3-19-14-5-7-15(8-6-14)20-11-12-10-13(17)4-9-16(12)18-2/h4-10H,3,11,17H2,1-2H3. The van der Waals surface area contributed by atoms with Crippen LogP contribution >= 0.6 is 0 Å². The van der Waals surface area contributed by atoms with Gasteiger partial charge in [0.2, 0.25) is 0 Å². The number of nitrogen functional groups attached to an aromatic ring is 1. The van der Waals surface area contributed by atoms with Gasteiger partial charge in [-0.05, 0) is 49.4 Å². The van der Waals surface area contributed by atoms with E-state index in [0.717, 1.165) is 22.8 Å². The molecule has 0 aliphatic heterocycles. The van der Waals surface area contributed by atoms with Crippen molar-refractivity contribution < 1.29 is 14.2 Å². The van der Waals surface area contributed by atoms with Crippen molar-refractivity contribution in [2.75, 3.05) is 19.5 Å². The van der Waals surface area contributed by atoms with Gasteiger partial charge in [-0.2, -0.15) is 0 Å². The zero-order chi connectivity index (χ0) is 14.4. The van der Waals surface area contributed by atoms with Crippen LogP contribution in [0, 0.1) is 0 Å². The summed E-state index contributed by atoms with van der Waals surface area (Å²) in [5.41, 5.74) is 7.39. The minimum absolute atomic E-state index is 0.405. The van der Waals surface area contributed by atoms with E-state index >= 15 is 0 Å². The van der Waals surface area contributed by atoms with E-state index in [1.807, 2.05) is 43.3 Å². The first-order chi connectivity index (χ1) is 9.72. The van der Waals surface area contributed by atoms with Crippen LogP contribution in [0.3, 0.4) is 0 Å². The molecule has 0 radical (unpaired) electrons. The zero-order valence-electron chi connectivity index (χ0n) is 11.8. The molecule has 0 bridgehead atoms. The Morgan fingerprint density at radius 3 is 2.20 bits per heavy atom. The average molecular weight is 273 g/mol. The molecule has 0 aromatic heterocycles. The van der Waals surface area contributed by atoms with Crippen LogP contribution < -0.4 is 19.9 Å². The molecule has 0 heterocycles. The predicted molar refractivity (Wildman–Crippen MR) is 79.3 cm³/mol. The van der Waals surface area contributed by atoms with Gasteiger partial charge in [-0.1, -0.05) is 0 Å². The fourth-order valence-electron chi connectivity index (χ4n) is 1.87. The fraction of sp³-hybridized carbons (Fsp3) is 0.250. The zero-order valence-corrected chi connectivity index (χ0v) is 11.8. The lowest BCUT2D eigenvalue weighted by molar-refractivity contribution is 0.295. The predicted octanol–water partition coefficient (Wildman–Crippen LogP) is 3.26. The minimum atomic E-state index is 0.405. The van der Waals surface area contributed by atoms with Gasteiger partial charge >= 0.3 is 0 Å². The first-order valence-corrected chi connectivity index (χ1v) is 6.51. The monoisotopic (exact) mass is 273 g/mol. The van der Waals surface area contributed by atoms with Gasteiger partial charge in [-0.3, -0.25) is 0 Å². The van der Waals surface area contributed by atoms with Crippen molar-refractivity contribution in [3.05, 3.63) is 48.0 Å². The number of methoxy groups -OCH3 is 1. The van der Waals surface area contributed by atoms with Crippen LogP contribution in [-0.2, 0) is 6.61 Å². The van der Waals surface area contributed by atoms with Crippen LogP contribution in [0.2, 0.25) is 0 Å². The molecule has 4 nitrogen and oxygen atoms in total. The van der Waals surface area contributed by atoms with E-state index in [-0.39, 0.29) is 0 Å². The van der Waals surface area contributed by atoms with Gasteiger partial charge in [-0.25, -0.2) is 0 Å². The molecule has 0 fully saturated rings. The molecule has 0 aliphatic carbocycles. The number of rotatable bonds is 6. The Kier molecular flexibility index (Phi) is 4.71. The van der Waals surface area contributed by atoms with Crippen LogP contribution in [0.25, 0.3) is 0 Å². The third-order valence-electron chi connectivity index (χ3n) is 2.83. The molecule has 0 saturated carbocycles. The number of benzene rings is 2. The Bertz CT molecular complexity index is 552. The molecule has 0 amide bonds. The first-order valence-electron chi connectivity index (χ1n) is 6.51. The topological polar surface area (TPSA) is 53.7 Å². The molecular weight excluding hydrogens is 254 g/mol. The molecule has 0 aliphatic rings. The highest BCUT2D eigenvalue weighted by Gasteiger charge is 2.05. The maximum Gasteiger partial charge on any atom is 0.125 e. The van der Waals surface area contributed by atoms with Gasteiger partial charge in [-0.15, -0.1) is 0 Å². The maximum atomic E-state index is 5.78. The summed E-state index contributed by atoms with van der Waals surface area (Å²) in [5.74, 6) is 2.38. The summed E-state index contributed by atoms with van der Waals surface area (Å²) >= 11 is 0. The van der Waals surface area contributed by atoms with Gasteiger partial charge < -0.3 is 19.9 Å². The summed E-state index contributed by atoms with van der Waals surface area (Å²) in [7, 11) is 1.63. The maximum absolute atomic E-state index is 5.78. The number of anilines is 1. The Morgan fingerprint density at radius 2 is 1.60 bits per heavy atom. The molecule has 0 unspecified atom stereocenters. The molecule has 106 valence electrons.